The van der Waals surface area contributed by atoms with Gasteiger partial charge in [-0.15, -0.1) is 5.10 Å². The van der Waals surface area contributed by atoms with Crippen LogP contribution in [0.15, 0.2) is 22.3 Å². The molecule has 19 heavy (non-hydrogen) atoms. The van der Waals surface area contributed by atoms with Gasteiger partial charge in [-0.1, -0.05) is 13.8 Å². The van der Waals surface area contributed by atoms with E-state index in [-0.39, 0.29) is 11.5 Å². The highest BCUT2D eigenvalue weighted by Gasteiger charge is 2.13. The molecule has 0 aromatic carbocycles. The van der Waals surface area contributed by atoms with E-state index in [0.29, 0.717) is 16.0 Å². The molecule has 0 aliphatic carbocycles. The fourth-order valence-electron chi connectivity index (χ4n) is 1.46. The number of hydrogen-bond acceptors (Lipinski definition) is 5. The van der Waals surface area contributed by atoms with Crippen molar-refractivity contribution in [2.45, 2.75) is 36.9 Å². The Balaban J connectivity index is 2.36. The Hall–Kier alpha value is -1.89. The first-order valence-electron chi connectivity index (χ1n) is 5.78. The molecular formula is C12H14N4O2S. The van der Waals surface area contributed by atoms with Crippen LogP contribution in [-0.4, -0.2) is 31.2 Å². The maximum absolute atomic E-state index is 11.1. The van der Waals surface area contributed by atoms with Crippen molar-refractivity contribution in [1.82, 2.24) is 20.2 Å². The average molecular weight is 278 g/mol. The minimum Gasteiger partial charge on any atom is -0.478 e. The molecule has 7 heteroatoms. The number of nitrogens with one attached hydrogen (secondary N) is 1. The second-order valence-electron chi connectivity index (χ2n) is 4.38. The number of H-pyrrole nitrogens is 1. The van der Waals surface area contributed by atoms with Crippen molar-refractivity contribution < 1.29 is 9.90 Å². The van der Waals surface area contributed by atoms with Crippen LogP contribution in [0.3, 0.4) is 0 Å². The van der Waals surface area contributed by atoms with Gasteiger partial charge in [0.25, 0.3) is 0 Å². The monoisotopic (exact) mass is 278 g/mol. The molecule has 0 atom stereocenters. The van der Waals surface area contributed by atoms with Gasteiger partial charge in [0.1, 0.15) is 10.9 Å². The molecule has 0 aliphatic heterocycles. The molecule has 2 rings (SSSR count). The SMILES string of the molecule is Cc1nc(Sc2cc(C(=O)O)cc(C(C)C)n2)n[nH]1. The van der Waals surface area contributed by atoms with Gasteiger partial charge in [0.05, 0.1) is 5.56 Å². The van der Waals surface area contributed by atoms with Crippen molar-refractivity contribution in [3.63, 3.8) is 0 Å². The maximum atomic E-state index is 11.1. The molecule has 2 aromatic rings. The summed E-state index contributed by atoms with van der Waals surface area (Å²) in [5.74, 6) is -0.0918. The Kier molecular flexibility index (Phi) is 3.84. The van der Waals surface area contributed by atoms with E-state index < -0.39 is 5.97 Å². The summed E-state index contributed by atoms with van der Waals surface area (Å²) in [6.07, 6.45) is 0. The maximum Gasteiger partial charge on any atom is 0.335 e. The number of aryl methyl sites for hydroxylation is 1. The lowest BCUT2D eigenvalue weighted by Crippen LogP contribution is -2.02. The highest BCUT2D eigenvalue weighted by molar-refractivity contribution is 7.99. The summed E-state index contributed by atoms with van der Waals surface area (Å²) in [5, 5.41) is 17.0. The van der Waals surface area contributed by atoms with E-state index in [1.54, 1.807) is 13.0 Å². The molecule has 0 radical (unpaired) electrons. The molecule has 0 unspecified atom stereocenters. The molecule has 2 heterocycles. The molecule has 2 aromatic heterocycles. The molecule has 2 N–H and O–H groups in total. The van der Waals surface area contributed by atoms with Crippen molar-refractivity contribution in [3.8, 4) is 0 Å². The molecular weight excluding hydrogens is 264 g/mol. The molecule has 100 valence electrons. The highest BCUT2D eigenvalue weighted by Crippen LogP contribution is 2.26. The first kappa shape index (κ1) is 13.5. The largest absolute Gasteiger partial charge is 0.478 e. The van der Waals surface area contributed by atoms with Crippen LogP contribution in [0.1, 0.15) is 41.6 Å². The Labute approximate surface area is 114 Å². The summed E-state index contributed by atoms with van der Waals surface area (Å²) in [5.41, 5.74) is 0.975. The third kappa shape index (κ3) is 3.31. The van der Waals surface area contributed by atoms with E-state index in [2.05, 4.69) is 20.2 Å². The summed E-state index contributed by atoms with van der Waals surface area (Å²) in [6, 6.07) is 3.13. The lowest BCUT2D eigenvalue weighted by atomic mass is 10.1. The Morgan fingerprint density at radius 2 is 2.11 bits per heavy atom. The number of pyridine rings is 1. The van der Waals surface area contributed by atoms with E-state index in [9.17, 15) is 4.79 Å². The van der Waals surface area contributed by atoms with E-state index in [1.807, 2.05) is 13.8 Å². The van der Waals surface area contributed by atoms with Gasteiger partial charge in [-0.3, -0.25) is 5.10 Å². The summed E-state index contributed by atoms with van der Waals surface area (Å²) < 4.78 is 0. The molecule has 0 bridgehead atoms. The smallest absolute Gasteiger partial charge is 0.335 e. The predicted octanol–water partition coefficient (Wildman–Crippen LogP) is 2.48. The van der Waals surface area contributed by atoms with Crippen molar-refractivity contribution in [2.24, 2.45) is 0 Å². The highest BCUT2D eigenvalue weighted by atomic mass is 32.2. The number of carbonyl (C=O) groups is 1. The van der Waals surface area contributed by atoms with Crippen molar-refractivity contribution in [3.05, 3.63) is 29.2 Å². The first-order chi connectivity index (χ1) is 8.95. The number of aromatic carboxylic acids is 1. The van der Waals surface area contributed by atoms with Crippen LogP contribution < -0.4 is 0 Å². The van der Waals surface area contributed by atoms with Crippen LogP contribution in [0.5, 0.6) is 0 Å². The van der Waals surface area contributed by atoms with E-state index >= 15 is 0 Å². The number of carboxylic acid groups (broad SMARTS) is 1. The topological polar surface area (TPSA) is 91.8 Å². The zero-order chi connectivity index (χ0) is 14.0. The first-order valence-corrected chi connectivity index (χ1v) is 6.59. The molecule has 0 saturated carbocycles. The zero-order valence-corrected chi connectivity index (χ0v) is 11.7. The lowest BCUT2D eigenvalue weighted by Gasteiger charge is -2.07. The minimum absolute atomic E-state index is 0.160. The number of carboxylic acids is 1. The lowest BCUT2D eigenvalue weighted by molar-refractivity contribution is 0.0696. The van der Waals surface area contributed by atoms with Crippen LogP contribution in [-0.2, 0) is 0 Å². The van der Waals surface area contributed by atoms with E-state index in [4.69, 9.17) is 5.11 Å². The molecule has 0 fully saturated rings. The molecule has 0 aliphatic rings. The summed E-state index contributed by atoms with van der Waals surface area (Å²) >= 11 is 1.24. The second-order valence-corrected chi connectivity index (χ2v) is 5.37. The summed E-state index contributed by atoms with van der Waals surface area (Å²) in [7, 11) is 0. The Morgan fingerprint density at radius 3 is 2.63 bits per heavy atom. The van der Waals surface area contributed by atoms with Gasteiger partial charge in [0, 0.05) is 5.69 Å². The van der Waals surface area contributed by atoms with Crippen LogP contribution in [0.4, 0.5) is 0 Å². The van der Waals surface area contributed by atoms with E-state index in [0.717, 1.165) is 5.69 Å². The van der Waals surface area contributed by atoms with Crippen LogP contribution in [0, 0.1) is 6.92 Å². The third-order valence-corrected chi connectivity index (χ3v) is 3.22. The van der Waals surface area contributed by atoms with Crippen molar-refractivity contribution in [2.75, 3.05) is 0 Å². The fourth-order valence-corrected chi connectivity index (χ4v) is 2.26. The van der Waals surface area contributed by atoms with Gasteiger partial charge in [-0.05, 0) is 36.7 Å². The van der Waals surface area contributed by atoms with Gasteiger partial charge >= 0.3 is 5.97 Å². The van der Waals surface area contributed by atoms with Gasteiger partial charge in [0.2, 0.25) is 5.16 Å². The molecule has 0 amide bonds. The Bertz CT molecular complexity index is 610. The fraction of sp³-hybridized carbons (Fsp3) is 0.333. The predicted molar refractivity (Wildman–Crippen MR) is 70.5 cm³/mol. The third-order valence-electron chi connectivity index (χ3n) is 2.43. The number of nitrogens with zero attached hydrogens (tertiary/aromatic N) is 3. The second kappa shape index (κ2) is 5.40. The number of aromatic amines is 1. The molecule has 0 spiro atoms. The van der Waals surface area contributed by atoms with Crippen molar-refractivity contribution >= 4 is 17.7 Å². The number of aromatic nitrogens is 4. The van der Waals surface area contributed by atoms with E-state index in [1.165, 1.54) is 17.8 Å². The molecule has 0 saturated heterocycles. The number of hydrogen-bond donors (Lipinski definition) is 2. The Morgan fingerprint density at radius 1 is 1.37 bits per heavy atom. The molecule has 6 nitrogen and oxygen atoms in total. The van der Waals surface area contributed by atoms with Gasteiger partial charge < -0.3 is 5.11 Å². The standard InChI is InChI=1S/C12H14N4O2S/c1-6(2)9-4-8(11(17)18)5-10(14-9)19-12-13-7(3)15-16-12/h4-6H,1-3H3,(H,17,18)(H,13,15,16). The minimum atomic E-state index is -0.961. The average Bonchev–Trinajstić information content (AvgIpc) is 2.74. The number of rotatable bonds is 4. The van der Waals surface area contributed by atoms with Crippen LogP contribution in [0.25, 0.3) is 0 Å². The summed E-state index contributed by atoms with van der Waals surface area (Å²) in [4.78, 5) is 19.7. The van der Waals surface area contributed by atoms with Gasteiger partial charge in [0.15, 0.2) is 0 Å². The summed E-state index contributed by atoms with van der Waals surface area (Å²) in [6.45, 7) is 5.75. The van der Waals surface area contributed by atoms with Gasteiger partial charge in [-0.25, -0.2) is 14.8 Å². The van der Waals surface area contributed by atoms with Gasteiger partial charge in [-0.2, -0.15) is 0 Å². The quantitative estimate of drug-likeness (QED) is 0.892. The van der Waals surface area contributed by atoms with Crippen LogP contribution >= 0.6 is 11.8 Å². The normalized spacial score (nSPS) is 10.9. The zero-order valence-electron chi connectivity index (χ0n) is 10.8. The van der Waals surface area contributed by atoms with Crippen molar-refractivity contribution in [1.29, 1.82) is 0 Å². The van der Waals surface area contributed by atoms with Crippen LogP contribution in [0.2, 0.25) is 0 Å².